The Labute approximate surface area is 166 Å². The van der Waals surface area contributed by atoms with E-state index < -0.39 is 34.7 Å². The van der Waals surface area contributed by atoms with Gasteiger partial charge in [0, 0.05) is 32.2 Å². The number of nitrogens with zero attached hydrogens (tertiary/aromatic N) is 1. The summed E-state index contributed by atoms with van der Waals surface area (Å²) in [5, 5.41) is 2.35. The van der Waals surface area contributed by atoms with E-state index in [-0.39, 0.29) is 24.8 Å². The molecule has 1 aliphatic heterocycles. The first-order valence-corrected chi connectivity index (χ1v) is 9.32. The van der Waals surface area contributed by atoms with Crippen LogP contribution in [0.25, 0.3) is 0 Å². The van der Waals surface area contributed by atoms with Crippen molar-refractivity contribution in [3.63, 3.8) is 0 Å². The SMILES string of the molecule is CC1CN(Cc2ccccc2CNC(=O)c2c(F)c(F)cc(F)c2F)CC(C)O1. The molecule has 4 nitrogen and oxygen atoms in total. The molecule has 0 spiro atoms. The molecule has 0 saturated carbocycles. The number of ether oxygens (including phenoxy) is 1. The van der Waals surface area contributed by atoms with E-state index in [9.17, 15) is 22.4 Å². The normalized spacial score (nSPS) is 19.9. The molecule has 0 aliphatic carbocycles. The maximum atomic E-state index is 13.8. The third-order valence-electron chi connectivity index (χ3n) is 4.79. The Morgan fingerprint density at radius 2 is 1.59 bits per heavy atom. The van der Waals surface area contributed by atoms with Crippen molar-refractivity contribution in [2.24, 2.45) is 0 Å². The van der Waals surface area contributed by atoms with Crippen LogP contribution in [0.3, 0.4) is 0 Å². The van der Waals surface area contributed by atoms with Crippen LogP contribution in [-0.2, 0) is 17.8 Å². The molecule has 3 rings (SSSR count). The number of hydrogen-bond donors (Lipinski definition) is 1. The van der Waals surface area contributed by atoms with E-state index in [1.165, 1.54) is 0 Å². The first kappa shape index (κ1) is 21.3. The number of hydrogen-bond acceptors (Lipinski definition) is 3. The minimum Gasteiger partial charge on any atom is -0.373 e. The fourth-order valence-corrected chi connectivity index (χ4v) is 3.58. The molecule has 8 heteroatoms. The predicted octanol–water partition coefficient (Wildman–Crippen LogP) is 3.78. The number of carbonyl (C=O) groups is 1. The molecule has 1 N–H and O–H groups in total. The summed E-state index contributed by atoms with van der Waals surface area (Å²) >= 11 is 0. The van der Waals surface area contributed by atoms with E-state index in [1.807, 2.05) is 26.0 Å². The number of halogens is 4. The number of rotatable bonds is 5. The van der Waals surface area contributed by atoms with E-state index in [4.69, 9.17) is 4.74 Å². The smallest absolute Gasteiger partial charge is 0.257 e. The van der Waals surface area contributed by atoms with E-state index in [1.54, 1.807) is 12.1 Å². The van der Waals surface area contributed by atoms with Crippen LogP contribution in [0.5, 0.6) is 0 Å². The van der Waals surface area contributed by atoms with E-state index in [0.717, 1.165) is 24.2 Å². The second kappa shape index (κ2) is 8.92. The van der Waals surface area contributed by atoms with Crippen LogP contribution in [0, 0.1) is 23.3 Å². The molecule has 0 bridgehead atoms. The van der Waals surface area contributed by atoms with Crippen LogP contribution < -0.4 is 5.32 Å². The molecule has 2 unspecified atom stereocenters. The van der Waals surface area contributed by atoms with Gasteiger partial charge in [0.2, 0.25) is 0 Å². The van der Waals surface area contributed by atoms with Gasteiger partial charge < -0.3 is 10.1 Å². The summed E-state index contributed by atoms with van der Waals surface area (Å²) < 4.78 is 60.1. The highest BCUT2D eigenvalue weighted by molar-refractivity contribution is 5.94. The summed E-state index contributed by atoms with van der Waals surface area (Å²) in [7, 11) is 0. The standard InChI is InChI=1S/C21H22F4N2O2/c1-12-9-27(10-13(2)29-12)11-15-6-4-3-5-14(15)8-26-21(28)18-19(24)16(22)7-17(23)20(18)25/h3-7,12-13H,8-11H2,1-2H3,(H,26,28). The Kier molecular flexibility index (Phi) is 6.54. The zero-order valence-corrected chi connectivity index (χ0v) is 16.1. The maximum Gasteiger partial charge on any atom is 0.257 e. The number of amides is 1. The summed E-state index contributed by atoms with van der Waals surface area (Å²) in [6, 6.07) is 7.38. The van der Waals surface area contributed by atoms with Crippen LogP contribution in [0.2, 0.25) is 0 Å². The number of morpholine rings is 1. The molecular weight excluding hydrogens is 388 g/mol. The van der Waals surface area contributed by atoms with Crippen molar-refractivity contribution in [2.45, 2.75) is 39.1 Å². The Bertz CT molecular complexity index is 870. The molecule has 1 amide bonds. The summed E-state index contributed by atoms with van der Waals surface area (Å²) in [5.41, 5.74) is 0.404. The van der Waals surface area contributed by atoms with Gasteiger partial charge in [0.1, 0.15) is 5.56 Å². The number of nitrogens with one attached hydrogen (secondary N) is 1. The van der Waals surface area contributed by atoms with Gasteiger partial charge in [-0.1, -0.05) is 24.3 Å². The van der Waals surface area contributed by atoms with E-state index >= 15 is 0 Å². The Balaban J connectivity index is 1.73. The first-order valence-electron chi connectivity index (χ1n) is 9.32. The molecule has 2 atom stereocenters. The lowest BCUT2D eigenvalue weighted by atomic mass is 10.1. The zero-order valence-electron chi connectivity index (χ0n) is 16.1. The molecule has 0 aromatic heterocycles. The molecule has 29 heavy (non-hydrogen) atoms. The second-order valence-electron chi connectivity index (χ2n) is 7.25. The average Bonchev–Trinajstić information content (AvgIpc) is 2.65. The van der Waals surface area contributed by atoms with Crippen molar-refractivity contribution in [1.82, 2.24) is 10.2 Å². The van der Waals surface area contributed by atoms with E-state index in [2.05, 4.69) is 10.2 Å². The summed E-state index contributed by atoms with van der Waals surface area (Å²) in [5.74, 6) is -7.89. The molecule has 1 saturated heterocycles. The molecule has 2 aromatic rings. The van der Waals surface area contributed by atoms with Gasteiger partial charge in [0.25, 0.3) is 5.91 Å². The van der Waals surface area contributed by atoms with Gasteiger partial charge in [-0.05, 0) is 25.0 Å². The summed E-state index contributed by atoms with van der Waals surface area (Å²) in [4.78, 5) is 14.4. The lowest BCUT2D eigenvalue weighted by Crippen LogP contribution is -2.45. The van der Waals surface area contributed by atoms with Crippen molar-refractivity contribution in [3.05, 3.63) is 70.3 Å². The average molecular weight is 410 g/mol. The summed E-state index contributed by atoms with van der Waals surface area (Å²) in [6.45, 7) is 6.07. The largest absolute Gasteiger partial charge is 0.373 e. The van der Waals surface area contributed by atoms with Crippen molar-refractivity contribution >= 4 is 5.91 Å². The topological polar surface area (TPSA) is 41.6 Å². The van der Waals surface area contributed by atoms with Crippen molar-refractivity contribution in [2.75, 3.05) is 13.1 Å². The Morgan fingerprint density at radius 1 is 1.03 bits per heavy atom. The minimum atomic E-state index is -1.72. The fourth-order valence-electron chi connectivity index (χ4n) is 3.58. The van der Waals surface area contributed by atoms with Crippen LogP contribution in [0.4, 0.5) is 17.6 Å². The summed E-state index contributed by atoms with van der Waals surface area (Å²) in [6.07, 6.45) is 0.193. The van der Waals surface area contributed by atoms with Crippen molar-refractivity contribution in [1.29, 1.82) is 0 Å². The Hall–Kier alpha value is -2.45. The van der Waals surface area contributed by atoms with Gasteiger partial charge in [0.15, 0.2) is 23.3 Å². The number of carbonyl (C=O) groups excluding carboxylic acids is 1. The molecule has 156 valence electrons. The minimum absolute atomic E-state index is 0.0402. The zero-order chi connectivity index (χ0) is 21.1. The lowest BCUT2D eigenvalue weighted by Gasteiger charge is -2.35. The van der Waals surface area contributed by atoms with Crippen molar-refractivity contribution in [3.8, 4) is 0 Å². The van der Waals surface area contributed by atoms with Crippen LogP contribution in [-0.4, -0.2) is 36.1 Å². The highest BCUT2D eigenvalue weighted by Gasteiger charge is 2.25. The van der Waals surface area contributed by atoms with Crippen LogP contribution in [0.1, 0.15) is 35.3 Å². The van der Waals surface area contributed by atoms with Gasteiger partial charge in [-0.25, -0.2) is 17.6 Å². The molecule has 0 radical (unpaired) electrons. The van der Waals surface area contributed by atoms with Gasteiger partial charge in [-0.2, -0.15) is 0 Å². The van der Waals surface area contributed by atoms with Gasteiger partial charge in [-0.15, -0.1) is 0 Å². The predicted molar refractivity (Wildman–Crippen MR) is 99.2 cm³/mol. The lowest BCUT2D eigenvalue weighted by molar-refractivity contribution is -0.0705. The van der Waals surface area contributed by atoms with Gasteiger partial charge in [-0.3, -0.25) is 9.69 Å². The van der Waals surface area contributed by atoms with Gasteiger partial charge >= 0.3 is 0 Å². The first-order chi connectivity index (χ1) is 13.8. The quantitative estimate of drug-likeness (QED) is 0.603. The highest BCUT2D eigenvalue weighted by atomic mass is 19.2. The molecule has 2 aromatic carbocycles. The molecule has 1 aliphatic rings. The maximum absolute atomic E-state index is 13.8. The third kappa shape index (κ3) is 4.94. The monoisotopic (exact) mass is 410 g/mol. The number of benzene rings is 2. The highest BCUT2D eigenvalue weighted by Crippen LogP contribution is 2.20. The van der Waals surface area contributed by atoms with Crippen LogP contribution >= 0.6 is 0 Å². The molecule has 1 heterocycles. The van der Waals surface area contributed by atoms with Crippen LogP contribution in [0.15, 0.2) is 30.3 Å². The molecule has 1 fully saturated rings. The van der Waals surface area contributed by atoms with Gasteiger partial charge in [0.05, 0.1) is 12.2 Å². The Morgan fingerprint density at radius 3 is 2.17 bits per heavy atom. The van der Waals surface area contributed by atoms with Crippen molar-refractivity contribution < 1.29 is 27.1 Å². The molecular formula is C21H22F4N2O2. The van der Waals surface area contributed by atoms with E-state index in [0.29, 0.717) is 6.54 Å². The fraction of sp³-hybridized carbons (Fsp3) is 0.381. The second-order valence-corrected chi connectivity index (χ2v) is 7.25. The third-order valence-corrected chi connectivity index (χ3v) is 4.79.